The Balaban J connectivity index is 2.04. The lowest BCUT2D eigenvalue weighted by atomic mass is 10.2. The molecule has 5 heteroatoms. The minimum atomic E-state index is -0.523. The van der Waals surface area contributed by atoms with E-state index in [-0.39, 0.29) is 18.1 Å². The van der Waals surface area contributed by atoms with Crippen LogP contribution in [-0.4, -0.2) is 11.1 Å². The van der Waals surface area contributed by atoms with Gasteiger partial charge in [-0.3, -0.25) is 0 Å². The number of carbonyl (C=O) groups excluding carboxylic acids is 1. The molecule has 1 aromatic carbocycles. The van der Waals surface area contributed by atoms with Crippen molar-refractivity contribution in [2.24, 2.45) is 0 Å². The zero-order valence-electron chi connectivity index (χ0n) is 9.34. The Labute approximate surface area is 98.2 Å². The number of benzene rings is 1. The summed E-state index contributed by atoms with van der Waals surface area (Å²) in [6.45, 7) is 1.84. The average Bonchev–Trinajstić information content (AvgIpc) is 2.67. The lowest BCUT2D eigenvalue weighted by Gasteiger charge is -2.03. The highest BCUT2D eigenvalue weighted by Crippen LogP contribution is 2.17. The average molecular weight is 232 g/mol. The number of hydrogen-bond acceptors (Lipinski definition) is 5. The van der Waals surface area contributed by atoms with E-state index in [2.05, 4.69) is 5.16 Å². The number of carbonyl (C=O) groups is 1. The maximum absolute atomic E-state index is 11.7. The smallest absolute Gasteiger partial charge is 0.346 e. The highest BCUT2D eigenvalue weighted by Gasteiger charge is 2.19. The summed E-state index contributed by atoms with van der Waals surface area (Å²) >= 11 is 0. The topological polar surface area (TPSA) is 78.4 Å². The van der Waals surface area contributed by atoms with E-state index in [0.29, 0.717) is 5.69 Å². The molecule has 0 fully saturated rings. The van der Waals surface area contributed by atoms with Gasteiger partial charge in [0.15, 0.2) is 0 Å². The second-order valence-corrected chi connectivity index (χ2v) is 3.57. The maximum Gasteiger partial charge on any atom is 0.346 e. The number of nitrogen functional groups attached to an aromatic ring is 1. The number of esters is 1. The molecule has 17 heavy (non-hydrogen) atoms. The Morgan fingerprint density at radius 1 is 1.41 bits per heavy atom. The molecule has 0 spiro atoms. The third kappa shape index (κ3) is 2.44. The molecule has 0 saturated heterocycles. The molecule has 0 saturated carbocycles. The molecule has 0 aliphatic rings. The molecular weight excluding hydrogens is 220 g/mol. The van der Waals surface area contributed by atoms with E-state index in [0.717, 1.165) is 5.56 Å². The van der Waals surface area contributed by atoms with Crippen LogP contribution in [0.5, 0.6) is 0 Å². The van der Waals surface area contributed by atoms with Crippen LogP contribution in [0.2, 0.25) is 0 Å². The Morgan fingerprint density at radius 3 is 2.71 bits per heavy atom. The molecule has 5 nitrogen and oxygen atoms in total. The Hall–Kier alpha value is -2.30. The fourth-order valence-electron chi connectivity index (χ4n) is 1.43. The SMILES string of the molecule is Cc1noc(N)c1C(=O)OCc1ccccc1. The van der Waals surface area contributed by atoms with Crippen LogP contribution in [-0.2, 0) is 11.3 Å². The van der Waals surface area contributed by atoms with Crippen molar-refractivity contribution in [2.45, 2.75) is 13.5 Å². The zero-order valence-corrected chi connectivity index (χ0v) is 9.34. The molecule has 0 bridgehead atoms. The van der Waals surface area contributed by atoms with Gasteiger partial charge in [-0.2, -0.15) is 0 Å². The van der Waals surface area contributed by atoms with Crippen LogP contribution in [0.3, 0.4) is 0 Å². The fourth-order valence-corrected chi connectivity index (χ4v) is 1.43. The summed E-state index contributed by atoms with van der Waals surface area (Å²) in [7, 11) is 0. The minimum absolute atomic E-state index is 0.0134. The quantitative estimate of drug-likeness (QED) is 0.818. The first kappa shape index (κ1) is 11.2. The van der Waals surface area contributed by atoms with Crippen molar-refractivity contribution in [3.8, 4) is 0 Å². The predicted molar refractivity (Wildman–Crippen MR) is 61.2 cm³/mol. The van der Waals surface area contributed by atoms with Gasteiger partial charge in [-0.05, 0) is 12.5 Å². The summed E-state index contributed by atoms with van der Waals surface area (Å²) in [5.74, 6) is -0.536. The van der Waals surface area contributed by atoms with Crippen molar-refractivity contribution in [2.75, 3.05) is 5.73 Å². The molecule has 0 amide bonds. The van der Waals surface area contributed by atoms with Crippen molar-refractivity contribution in [3.05, 3.63) is 47.2 Å². The number of rotatable bonds is 3. The third-order valence-corrected chi connectivity index (χ3v) is 2.31. The predicted octanol–water partition coefficient (Wildman–Crippen LogP) is 1.92. The van der Waals surface area contributed by atoms with Crippen LogP contribution in [0.25, 0.3) is 0 Å². The van der Waals surface area contributed by atoms with E-state index < -0.39 is 5.97 Å². The van der Waals surface area contributed by atoms with Crippen LogP contribution in [0.1, 0.15) is 21.6 Å². The van der Waals surface area contributed by atoms with Crippen LogP contribution < -0.4 is 5.73 Å². The van der Waals surface area contributed by atoms with Gasteiger partial charge in [-0.1, -0.05) is 35.5 Å². The first-order valence-corrected chi connectivity index (χ1v) is 5.11. The summed E-state index contributed by atoms with van der Waals surface area (Å²) in [6, 6.07) is 9.39. The van der Waals surface area contributed by atoms with Crippen LogP contribution >= 0.6 is 0 Å². The lowest BCUT2D eigenvalue weighted by Crippen LogP contribution is -2.08. The summed E-state index contributed by atoms with van der Waals surface area (Å²) in [5.41, 5.74) is 7.02. The minimum Gasteiger partial charge on any atom is -0.457 e. The van der Waals surface area contributed by atoms with Crippen molar-refractivity contribution in [3.63, 3.8) is 0 Å². The molecule has 0 atom stereocenters. The van der Waals surface area contributed by atoms with Crippen LogP contribution in [0.4, 0.5) is 5.88 Å². The van der Waals surface area contributed by atoms with E-state index in [4.69, 9.17) is 15.0 Å². The first-order chi connectivity index (χ1) is 8.18. The maximum atomic E-state index is 11.7. The molecule has 2 N–H and O–H groups in total. The molecular formula is C12H12N2O3. The van der Waals surface area contributed by atoms with Crippen molar-refractivity contribution < 1.29 is 14.1 Å². The molecule has 1 heterocycles. The highest BCUT2D eigenvalue weighted by molar-refractivity contribution is 5.94. The number of aromatic nitrogens is 1. The summed E-state index contributed by atoms with van der Waals surface area (Å²) < 4.78 is 9.81. The van der Waals surface area contributed by atoms with E-state index in [1.165, 1.54) is 0 Å². The summed E-state index contributed by atoms with van der Waals surface area (Å²) in [6.07, 6.45) is 0. The second-order valence-electron chi connectivity index (χ2n) is 3.57. The Bertz CT molecular complexity index is 500. The monoisotopic (exact) mass is 232 g/mol. The van der Waals surface area contributed by atoms with E-state index in [1.807, 2.05) is 30.3 Å². The van der Waals surface area contributed by atoms with Gasteiger partial charge in [0.2, 0.25) is 5.88 Å². The van der Waals surface area contributed by atoms with Gasteiger partial charge in [0.25, 0.3) is 0 Å². The van der Waals surface area contributed by atoms with Gasteiger partial charge in [0.1, 0.15) is 12.2 Å². The third-order valence-electron chi connectivity index (χ3n) is 2.31. The normalized spacial score (nSPS) is 10.2. The van der Waals surface area contributed by atoms with E-state index in [1.54, 1.807) is 6.92 Å². The standard InChI is InChI=1S/C12H12N2O3/c1-8-10(11(13)17-14-8)12(15)16-7-9-5-3-2-4-6-9/h2-6H,7,13H2,1H3. The summed E-state index contributed by atoms with van der Waals surface area (Å²) in [4.78, 5) is 11.7. The molecule has 0 radical (unpaired) electrons. The van der Waals surface area contributed by atoms with Crippen LogP contribution in [0, 0.1) is 6.92 Å². The molecule has 0 aliphatic heterocycles. The second kappa shape index (κ2) is 4.69. The molecule has 0 unspecified atom stereocenters. The number of aryl methyl sites for hydroxylation is 1. The van der Waals surface area contributed by atoms with Crippen molar-refractivity contribution in [1.29, 1.82) is 0 Å². The first-order valence-electron chi connectivity index (χ1n) is 5.11. The van der Waals surface area contributed by atoms with Gasteiger partial charge in [0.05, 0.1) is 5.69 Å². The number of nitrogens with two attached hydrogens (primary N) is 1. The largest absolute Gasteiger partial charge is 0.457 e. The van der Waals surface area contributed by atoms with Crippen molar-refractivity contribution in [1.82, 2.24) is 5.16 Å². The van der Waals surface area contributed by atoms with Gasteiger partial charge in [0, 0.05) is 0 Å². The van der Waals surface area contributed by atoms with Crippen LogP contribution in [0.15, 0.2) is 34.9 Å². The number of anilines is 1. The van der Waals surface area contributed by atoms with E-state index in [9.17, 15) is 4.79 Å². The van der Waals surface area contributed by atoms with Gasteiger partial charge < -0.3 is 15.0 Å². The molecule has 2 aromatic rings. The lowest BCUT2D eigenvalue weighted by molar-refractivity contribution is 0.0473. The van der Waals surface area contributed by atoms with Gasteiger partial charge >= 0.3 is 5.97 Å². The number of nitrogens with zero attached hydrogens (tertiary/aromatic N) is 1. The number of hydrogen-bond donors (Lipinski definition) is 1. The highest BCUT2D eigenvalue weighted by atomic mass is 16.5. The number of ether oxygens (including phenoxy) is 1. The Morgan fingerprint density at radius 2 is 2.12 bits per heavy atom. The fraction of sp³-hybridized carbons (Fsp3) is 0.167. The van der Waals surface area contributed by atoms with E-state index >= 15 is 0 Å². The molecule has 2 rings (SSSR count). The molecule has 1 aromatic heterocycles. The zero-order chi connectivity index (χ0) is 12.3. The summed E-state index contributed by atoms with van der Waals surface area (Å²) in [5, 5.41) is 3.59. The molecule has 88 valence electrons. The molecule has 0 aliphatic carbocycles. The van der Waals surface area contributed by atoms with Crippen molar-refractivity contribution >= 4 is 11.9 Å². The van der Waals surface area contributed by atoms with Gasteiger partial charge in [-0.15, -0.1) is 0 Å². The van der Waals surface area contributed by atoms with Gasteiger partial charge in [-0.25, -0.2) is 4.79 Å². The Kier molecular flexibility index (Phi) is 3.09.